The van der Waals surface area contributed by atoms with Gasteiger partial charge in [0.15, 0.2) is 11.0 Å². The van der Waals surface area contributed by atoms with E-state index in [0.717, 1.165) is 42.5 Å². The van der Waals surface area contributed by atoms with Gasteiger partial charge in [-0.15, -0.1) is 10.2 Å². The number of thioether (sulfide) groups is 1. The quantitative estimate of drug-likeness (QED) is 0.633. The van der Waals surface area contributed by atoms with Crippen molar-refractivity contribution in [3.63, 3.8) is 0 Å². The molecule has 158 valence electrons. The Morgan fingerprint density at radius 1 is 1.24 bits per heavy atom. The summed E-state index contributed by atoms with van der Waals surface area (Å²) in [7, 11) is 4.14. The van der Waals surface area contributed by atoms with Crippen LogP contribution in [0.3, 0.4) is 0 Å². The van der Waals surface area contributed by atoms with E-state index in [1.165, 1.54) is 31.0 Å². The molecule has 2 aromatic heterocycles. The topological polar surface area (TPSA) is 75.9 Å². The molecule has 0 spiro atoms. The molecule has 3 rings (SSSR count). The average molecular weight is 417 g/mol. The van der Waals surface area contributed by atoms with Crippen molar-refractivity contribution in [2.75, 3.05) is 26.4 Å². The van der Waals surface area contributed by atoms with Crippen molar-refractivity contribution >= 4 is 17.7 Å². The van der Waals surface area contributed by atoms with E-state index >= 15 is 0 Å². The smallest absolute Gasteiger partial charge is 0.230 e. The summed E-state index contributed by atoms with van der Waals surface area (Å²) in [6, 6.07) is 4.19. The molecule has 1 fully saturated rings. The molecule has 0 aliphatic heterocycles. The van der Waals surface area contributed by atoms with Crippen molar-refractivity contribution in [1.82, 2.24) is 30.0 Å². The molecule has 1 aliphatic carbocycles. The Morgan fingerprint density at radius 2 is 2.00 bits per heavy atom. The Morgan fingerprint density at radius 3 is 2.72 bits per heavy atom. The van der Waals surface area contributed by atoms with Crippen LogP contribution in [-0.4, -0.2) is 63.0 Å². The largest absolute Gasteiger partial charge is 0.352 e. The zero-order chi connectivity index (χ0) is 20.6. The summed E-state index contributed by atoms with van der Waals surface area (Å²) >= 11 is 1.47. The summed E-state index contributed by atoms with van der Waals surface area (Å²) < 4.78 is 2.13. The van der Waals surface area contributed by atoms with Gasteiger partial charge in [0.05, 0.1) is 5.75 Å². The summed E-state index contributed by atoms with van der Waals surface area (Å²) in [5.41, 5.74) is 0.990. The normalized spacial score (nSPS) is 19.4. The SMILES string of the molecule is CC1CCCCC1NC(=O)CSc1nnc(-c2ccncc2)n1CCCN(C)C. The molecule has 7 nitrogen and oxygen atoms in total. The molecule has 0 saturated heterocycles. The van der Waals surface area contributed by atoms with E-state index in [0.29, 0.717) is 17.7 Å². The van der Waals surface area contributed by atoms with Crippen LogP contribution in [0.5, 0.6) is 0 Å². The van der Waals surface area contributed by atoms with E-state index < -0.39 is 0 Å². The minimum Gasteiger partial charge on any atom is -0.352 e. The first kappa shape index (κ1) is 21.8. The van der Waals surface area contributed by atoms with Gasteiger partial charge in [-0.25, -0.2) is 0 Å². The number of pyridine rings is 1. The molecule has 1 aliphatic rings. The molecular formula is C21H32N6OS. The van der Waals surface area contributed by atoms with Crippen LogP contribution in [0, 0.1) is 5.92 Å². The molecule has 2 heterocycles. The summed E-state index contributed by atoms with van der Waals surface area (Å²) in [6.45, 7) is 4.03. The predicted molar refractivity (Wildman–Crippen MR) is 117 cm³/mol. The van der Waals surface area contributed by atoms with Crippen molar-refractivity contribution < 1.29 is 4.79 Å². The van der Waals surface area contributed by atoms with Crippen LogP contribution in [0.2, 0.25) is 0 Å². The number of aromatic nitrogens is 4. The fraction of sp³-hybridized carbons (Fsp3) is 0.619. The van der Waals surface area contributed by atoms with Crippen LogP contribution in [-0.2, 0) is 11.3 Å². The Kier molecular flexibility index (Phi) is 8.06. The van der Waals surface area contributed by atoms with Gasteiger partial charge in [-0.05, 0) is 58.0 Å². The van der Waals surface area contributed by atoms with E-state index in [1.54, 1.807) is 12.4 Å². The molecular weight excluding hydrogens is 384 g/mol. The third-order valence-corrected chi connectivity index (χ3v) is 6.40. The highest BCUT2D eigenvalue weighted by Crippen LogP contribution is 2.26. The van der Waals surface area contributed by atoms with Crippen LogP contribution < -0.4 is 5.32 Å². The van der Waals surface area contributed by atoms with E-state index in [1.807, 2.05) is 12.1 Å². The molecule has 2 atom stereocenters. The molecule has 1 N–H and O–H groups in total. The molecule has 1 amide bonds. The first-order chi connectivity index (χ1) is 14.0. The highest BCUT2D eigenvalue weighted by atomic mass is 32.2. The second kappa shape index (κ2) is 10.7. The number of carbonyl (C=O) groups is 1. The average Bonchev–Trinajstić information content (AvgIpc) is 3.11. The van der Waals surface area contributed by atoms with Crippen molar-refractivity contribution in [2.24, 2.45) is 5.92 Å². The fourth-order valence-corrected chi connectivity index (χ4v) is 4.54. The summed E-state index contributed by atoms with van der Waals surface area (Å²) in [5.74, 6) is 1.84. The zero-order valence-electron chi connectivity index (χ0n) is 17.7. The summed E-state index contributed by atoms with van der Waals surface area (Å²) in [5, 5.41) is 12.8. The lowest BCUT2D eigenvalue weighted by Gasteiger charge is -2.29. The second-order valence-corrected chi connectivity index (χ2v) is 9.02. The third kappa shape index (κ3) is 6.27. The van der Waals surface area contributed by atoms with Gasteiger partial charge in [0.2, 0.25) is 5.91 Å². The van der Waals surface area contributed by atoms with E-state index in [-0.39, 0.29) is 5.91 Å². The minimum absolute atomic E-state index is 0.0852. The summed E-state index contributed by atoms with van der Waals surface area (Å²) in [6.07, 6.45) is 9.29. The molecule has 1 saturated carbocycles. The van der Waals surface area contributed by atoms with Gasteiger partial charge in [-0.2, -0.15) is 0 Å². The Balaban J connectivity index is 1.65. The highest BCUT2D eigenvalue weighted by molar-refractivity contribution is 7.99. The minimum atomic E-state index is 0.0852. The van der Waals surface area contributed by atoms with Gasteiger partial charge in [-0.1, -0.05) is 31.5 Å². The maximum Gasteiger partial charge on any atom is 0.230 e. The van der Waals surface area contributed by atoms with Crippen molar-refractivity contribution in [3.8, 4) is 11.4 Å². The van der Waals surface area contributed by atoms with Gasteiger partial charge in [0, 0.05) is 30.5 Å². The van der Waals surface area contributed by atoms with Crippen LogP contribution in [0.15, 0.2) is 29.7 Å². The molecule has 29 heavy (non-hydrogen) atoms. The monoisotopic (exact) mass is 416 g/mol. The number of nitrogens with one attached hydrogen (secondary N) is 1. The Labute approximate surface area is 177 Å². The van der Waals surface area contributed by atoms with Crippen molar-refractivity contribution in [3.05, 3.63) is 24.5 Å². The molecule has 2 aromatic rings. The first-order valence-corrected chi connectivity index (χ1v) is 11.4. The number of nitrogens with zero attached hydrogens (tertiary/aromatic N) is 5. The standard InChI is InChI=1S/C21H32N6OS/c1-16-7-4-5-8-18(16)23-19(28)15-29-21-25-24-20(17-9-11-22-12-10-17)27(21)14-6-13-26(2)3/h9-12,16,18H,4-8,13-15H2,1-3H3,(H,23,28). The van der Waals surface area contributed by atoms with Crippen molar-refractivity contribution in [1.29, 1.82) is 0 Å². The lowest BCUT2D eigenvalue weighted by molar-refractivity contribution is -0.119. The Hall–Kier alpha value is -1.93. The lowest BCUT2D eigenvalue weighted by Crippen LogP contribution is -2.41. The number of amides is 1. The first-order valence-electron chi connectivity index (χ1n) is 10.4. The predicted octanol–water partition coefficient (Wildman–Crippen LogP) is 3.08. The lowest BCUT2D eigenvalue weighted by atomic mass is 9.86. The van der Waals surface area contributed by atoms with Gasteiger partial charge >= 0.3 is 0 Å². The molecule has 0 bridgehead atoms. The number of hydrogen-bond donors (Lipinski definition) is 1. The zero-order valence-corrected chi connectivity index (χ0v) is 18.5. The van der Waals surface area contributed by atoms with Crippen molar-refractivity contribution in [2.45, 2.75) is 56.8 Å². The second-order valence-electron chi connectivity index (χ2n) is 8.07. The van der Waals surface area contributed by atoms with Gasteiger partial charge in [-0.3, -0.25) is 9.78 Å². The fourth-order valence-electron chi connectivity index (χ4n) is 3.77. The van der Waals surface area contributed by atoms with Crippen LogP contribution in [0.4, 0.5) is 0 Å². The molecule has 0 radical (unpaired) electrons. The summed E-state index contributed by atoms with van der Waals surface area (Å²) in [4.78, 5) is 18.8. The highest BCUT2D eigenvalue weighted by Gasteiger charge is 2.23. The third-order valence-electron chi connectivity index (χ3n) is 5.43. The maximum atomic E-state index is 12.5. The van der Waals surface area contributed by atoms with E-state index in [9.17, 15) is 4.79 Å². The number of hydrogen-bond acceptors (Lipinski definition) is 6. The molecule has 2 unspecified atom stereocenters. The van der Waals surface area contributed by atoms with E-state index in [2.05, 4.69) is 51.0 Å². The number of carbonyl (C=O) groups excluding carboxylic acids is 1. The van der Waals surface area contributed by atoms with Gasteiger partial charge in [0.1, 0.15) is 0 Å². The van der Waals surface area contributed by atoms with Crippen LogP contribution in [0.25, 0.3) is 11.4 Å². The van der Waals surface area contributed by atoms with Crippen LogP contribution >= 0.6 is 11.8 Å². The van der Waals surface area contributed by atoms with E-state index in [4.69, 9.17) is 0 Å². The maximum absolute atomic E-state index is 12.5. The molecule has 0 aromatic carbocycles. The van der Waals surface area contributed by atoms with Gasteiger partial charge < -0.3 is 14.8 Å². The van der Waals surface area contributed by atoms with Crippen LogP contribution in [0.1, 0.15) is 39.0 Å². The number of rotatable bonds is 9. The van der Waals surface area contributed by atoms with Gasteiger partial charge in [0.25, 0.3) is 0 Å². The molecule has 8 heteroatoms. The Bertz CT molecular complexity index is 779.